The second-order valence-electron chi connectivity index (χ2n) is 5.86. The van der Waals surface area contributed by atoms with E-state index in [-0.39, 0.29) is 5.92 Å². The van der Waals surface area contributed by atoms with Crippen LogP contribution in [0.5, 0.6) is 0 Å². The Labute approximate surface area is 120 Å². The molecule has 1 N–H and O–H groups in total. The Morgan fingerprint density at radius 2 is 1.32 bits per heavy atom. The van der Waals surface area contributed by atoms with Crippen LogP contribution in [0.25, 0.3) is 0 Å². The summed E-state index contributed by atoms with van der Waals surface area (Å²) in [5.41, 5.74) is 0. The van der Waals surface area contributed by atoms with E-state index in [1.165, 1.54) is 64.2 Å². The number of hydrogen-bond donors (Lipinski definition) is 1. The molecular formula is C17H33O2. The summed E-state index contributed by atoms with van der Waals surface area (Å²) < 4.78 is 0. The van der Waals surface area contributed by atoms with Gasteiger partial charge in [0.25, 0.3) is 0 Å². The van der Waals surface area contributed by atoms with Gasteiger partial charge in [-0.15, -0.1) is 0 Å². The van der Waals surface area contributed by atoms with E-state index in [4.69, 9.17) is 5.11 Å². The van der Waals surface area contributed by atoms with Crippen LogP contribution in [0.15, 0.2) is 0 Å². The van der Waals surface area contributed by atoms with Crippen LogP contribution in [0.1, 0.15) is 91.4 Å². The standard InChI is InChI=1S/C17H33O2/c1-4-5-6-7-8-9-10-11-12-13-14-15(2)16(3)17(18)19/h15H,4-14H2,1-3H3,(H,18,19). The van der Waals surface area contributed by atoms with Crippen molar-refractivity contribution >= 4 is 5.97 Å². The van der Waals surface area contributed by atoms with Gasteiger partial charge in [-0.25, -0.2) is 0 Å². The molecule has 0 aliphatic heterocycles. The van der Waals surface area contributed by atoms with Crippen LogP contribution in [-0.4, -0.2) is 11.1 Å². The first kappa shape index (κ1) is 18.5. The third kappa shape index (κ3) is 11.0. The average molecular weight is 269 g/mol. The van der Waals surface area contributed by atoms with Gasteiger partial charge in [-0.1, -0.05) is 78.1 Å². The summed E-state index contributed by atoms with van der Waals surface area (Å²) in [5.74, 6) is 0.0991. The molecule has 0 heterocycles. The van der Waals surface area contributed by atoms with Crippen LogP contribution in [0, 0.1) is 11.8 Å². The number of carboxylic acid groups (broad SMARTS) is 1. The summed E-state index contributed by atoms with van der Waals surface area (Å²) in [6.07, 6.45) is 14.4. The van der Waals surface area contributed by atoms with E-state index >= 15 is 0 Å². The van der Waals surface area contributed by atoms with Gasteiger partial charge in [0.1, 0.15) is 0 Å². The lowest BCUT2D eigenvalue weighted by Crippen LogP contribution is -2.15. The quantitative estimate of drug-likeness (QED) is 0.441. The van der Waals surface area contributed by atoms with Crippen LogP contribution in [-0.2, 0) is 4.79 Å². The van der Waals surface area contributed by atoms with Gasteiger partial charge in [-0.2, -0.15) is 0 Å². The van der Waals surface area contributed by atoms with Crippen LogP contribution < -0.4 is 0 Å². The van der Waals surface area contributed by atoms with E-state index in [2.05, 4.69) is 6.92 Å². The molecule has 19 heavy (non-hydrogen) atoms. The Balaban J connectivity index is 3.25. The second kappa shape index (κ2) is 12.5. The smallest absolute Gasteiger partial charge is 0.310 e. The number of carboxylic acids is 1. The Hall–Kier alpha value is -0.530. The first-order valence-corrected chi connectivity index (χ1v) is 8.16. The van der Waals surface area contributed by atoms with Crippen molar-refractivity contribution in [3.63, 3.8) is 0 Å². The third-order valence-electron chi connectivity index (χ3n) is 4.07. The third-order valence-corrected chi connectivity index (χ3v) is 4.07. The van der Waals surface area contributed by atoms with E-state index in [1.807, 2.05) is 6.92 Å². The molecule has 0 amide bonds. The number of hydrogen-bond acceptors (Lipinski definition) is 1. The maximum Gasteiger partial charge on any atom is 0.310 e. The zero-order chi connectivity index (χ0) is 14.5. The highest BCUT2D eigenvalue weighted by atomic mass is 16.4. The molecule has 0 spiro atoms. The summed E-state index contributed by atoms with van der Waals surface area (Å²) in [6, 6.07) is 0. The predicted molar refractivity (Wildman–Crippen MR) is 82.2 cm³/mol. The molecule has 0 aliphatic carbocycles. The largest absolute Gasteiger partial charge is 0.481 e. The molecule has 0 aromatic carbocycles. The van der Waals surface area contributed by atoms with Crippen LogP contribution in [0.2, 0.25) is 0 Å². The zero-order valence-corrected chi connectivity index (χ0v) is 13.2. The second-order valence-corrected chi connectivity index (χ2v) is 5.86. The van der Waals surface area contributed by atoms with Crippen molar-refractivity contribution in [2.45, 2.75) is 91.4 Å². The van der Waals surface area contributed by atoms with Crippen molar-refractivity contribution in [1.82, 2.24) is 0 Å². The van der Waals surface area contributed by atoms with Crippen LogP contribution in [0.3, 0.4) is 0 Å². The molecule has 0 aromatic rings. The normalized spacial score (nSPS) is 12.8. The van der Waals surface area contributed by atoms with Crippen molar-refractivity contribution in [2.75, 3.05) is 0 Å². The molecule has 0 saturated carbocycles. The molecular weight excluding hydrogens is 236 g/mol. The lowest BCUT2D eigenvalue weighted by atomic mass is 9.90. The Morgan fingerprint density at radius 1 is 0.895 bits per heavy atom. The zero-order valence-electron chi connectivity index (χ0n) is 13.2. The average Bonchev–Trinajstić information content (AvgIpc) is 2.39. The summed E-state index contributed by atoms with van der Waals surface area (Å²) in [5, 5.41) is 8.88. The van der Waals surface area contributed by atoms with Gasteiger partial charge in [0.05, 0.1) is 5.92 Å². The minimum Gasteiger partial charge on any atom is -0.481 e. The topological polar surface area (TPSA) is 37.3 Å². The van der Waals surface area contributed by atoms with Gasteiger partial charge in [0.2, 0.25) is 0 Å². The molecule has 0 aromatic heterocycles. The molecule has 0 fully saturated rings. The molecule has 2 nitrogen and oxygen atoms in total. The highest BCUT2D eigenvalue weighted by molar-refractivity contribution is 5.82. The fourth-order valence-corrected chi connectivity index (χ4v) is 2.37. The molecule has 0 bridgehead atoms. The summed E-state index contributed by atoms with van der Waals surface area (Å²) >= 11 is 0. The van der Waals surface area contributed by atoms with Gasteiger partial charge in [-0.05, 0) is 19.3 Å². The minimum absolute atomic E-state index is 0.228. The fraction of sp³-hybridized carbons (Fsp3) is 0.882. The number of aliphatic carboxylic acids is 1. The fourth-order valence-electron chi connectivity index (χ4n) is 2.37. The molecule has 2 heteroatoms. The maximum absolute atomic E-state index is 10.8. The van der Waals surface area contributed by atoms with Crippen molar-refractivity contribution in [3.05, 3.63) is 5.92 Å². The Morgan fingerprint density at radius 3 is 1.74 bits per heavy atom. The lowest BCUT2D eigenvalue weighted by molar-refractivity contribution is -0.135. The first-order chi connectivity index (χ1) is 9.09. The van der Waals surface area contributed by atoms with Crippen LogP contribution >= 0.6 is 0 Å². The van der Waals surface area contributed by atoms with E-state index in [9.17, 15) is 4.79 Å². The van der Waals surface area contributed by atoms with Crippen molar-refractivity contribution in [1.29, 1.82) is 0 Å². The van der Waals surface area contributed by atoms with Gasteiger partial charge >= 0.3 is 5.97 Å². The highest BCUT2D eigenvalue weighted by Crippen LogP contribution is 2.21. The van der Waals surface area contributed by atoms with E-state index < -0.39 is 5.97 Å². The number of rotatable bonds is 13. The number of unbranched alkanes of at least 4 members (excludes halogenated alkanes) is 9. The monoisotopic (exact) mass is 269 g/mol. The molecule has 113 valence electrons. The van der Waals surface area contributed by atoms with E-state index in [0.29, 0.717) is 5.92 Å². The highest BCUT2D eigenvalue weighted by Gasteiger charge is 2.19. The van der Waals surface area contributed by atoms with Crippen molar-refractivity contribution in [2.24, 2.45) is 5.92 Å². The lowest BCUT2D eigenvalue weighted by Gasteiger charge is -2.14. The van der Waals surface area contributed by atoms with E-state index in [0.717, 1.165) is 6.42 Å². The number of carbonyl (C=O) groups is 1. The van der Waals surface area contributed by atoms with Crippen molar-refractivity contribution < 1.29 is 9.90 Å². The molecule has 1 unspecified atom stereocenters. The SMILES string of the molecule is CCCCCCCCCCCCC(C)[C](C)C(=O)O. The first-order valence-electron chi connectivity index (χ1n) is 8.16. The van der Waals surface area contributed by atoms with Crippen LogP contribution in [0.4, 0.5) is 0 Å². The Bertz CT molecular complexity index is 213. The van der Waals surface area contributed by atoms with Gasteiger partial charge in [0, 0.05) is 0 Å². The van der Waals surface area contributed by atoms with Gasteiger partial charge in [0.15, 0.2) is 0 Å². The van der Waals surface area contributed by atoms with Gasteiger partial charge < -0.3 is 5.11 Å². The van der Waals surface area contributed by atoms with Gasteiger partial charge in [-0.3, -0.25) is 4.79 Å². The summed E-state index contributed by atoms with van der Waals surface area (Å²) in [7, 11) is 0. The molecule has 0 rings (SSSR count). The molecule has 1 radical (unpaired) electrons. The summed E-state index contributed by atoms with van der Waals surface area (Å²) in [6.45, 7) is 6.02. The predicted octanol–water partition coefficient (Wildman–Crippen LogP) is 5.61. The maximum atomic E-state index is 10.8. The Kier molecular flexibility index (Phi) is 12.2. The van der Waals surface area contributed by atoms with E-state index in [1.54, 1.807) is 6.92 Å². The molecule has 0 saturated heterocycles. The summed E-state index contributed by atoms with van der Waals surface area (Å²) in [4.78, 5) is 10.8. The van der Waals surface area contributed by atoms with Crippen molar-refractivity contribution in [3.8, 4) is 0 Å². The molecule has 0 aliphatic rings. The molecule has 1 atom stereocenters. The minimum atomic E-state index is -0.737.